The van der Waals surface area contributed by atoms with Crippen LogP contribution >= 0.6 is 0 Å². The van der Waals surface area contributed by atoms with Gasteiger partial charge in [-0.3, -0.25) is 25.0 Å². The van der Waals surface area contributed by atoms with Crippen LogP contribution < -0.4 is 0 Å². The Bertz CT molecular complexity index is 786. The van der Waals surface area contributed by atoms with Crippen LogP contribution in [-0.2, 0) is 4.79 Å². The molecule has 2 rings (SSSR count). The number of halogens is 1. The number of ketones is 1. The van der Waals surface area contributed by atoms with E-state index in [9.17, 15) is 34.2 Å². The zero-order valence-electron chi connectivity index (χ0n) is 13.4. The second-order valence-electron chi connectivity index (χ2n) is 4.91. The van der Waals surface area contributed by atoms with Gasteiger partial charge in [-0.2, -0.15) is 0 Å². The summed E-state index contributed by atoms with van der Waals surface area (Å²) >= 11 is 0. The first-order valence-corrected chi connectivity index (χ1v) is 7.00. The van der Waals surface area contributed by atoms with Crippen molar-refractivity contribution in [2.75, 3.05) is 0 Å². The number of rotatable bonds is 5. The molecular formula is C16H13FN2O7. The number of hydrogen-bond donors (Lipinski definition) is 1. The molecule has 1 atom stereocenters. The summed E-state index contributed by atoms with van der Waals surface area (Å²) in [4.78, 5) is 40.2. The number of carbonyl (C=O) groups is 2. The van der Waals surface area contributed by atoms with Gasteiger partial charge in [0.1, 0.15) is 0 Å². The maximum Gasteiger partial charge on any atom is 0.343 e. The molecular weight excluding hydrogens is 351 g/mol. The summed E-state index contributed by atoms with van der Waals surface area (Å²) in [5.74, 6) is -1.70. The fourth-order valence-electron chi connectivity index (χ4n) is 1.73. The van der Waals surface area contributed by atoms with Crippen molar-refractivity contribution >= 4 is 23.1 Å². The van der Waals surface area contributed by atoms with Gasteiger partial charge in [-0.25, -0.2) is 9.18 Å². The van der Waals surface area contributed by atoms with Crippen LogP contribution in [0.1, 0.15) is 29.0 Å². The average Bonchev–Trinajstić information content (AvgIpc) is 2.61. The quantitative estimate of drug-likeness (QED) is 0.486. The molecule has 2 aromatic carbocycles. The molecule has 0 radical (unpaired) electrons. The topological polar surface area (TPSA) is 141 Å². The fraction of sp³-hybridized carbons (Fsp3) is 0.125. The van der Waals surface area contributed by atoms with Gasteiger partial charge in [0.25, 0.3) is 11.4 Å². The lowest BCUT2D eigenvalue weighted by Crippen LogP contribution is -2.05. The molecule has 26 heavy (non-hydrogen) atoms. The number of benzene rings is 2. The highest BCUT2D eigenvalue weighted by Gasteiger charge is 2.18. The summed E-state index contributed by atoms with van der Waals surface area (Å²) in [7, 11) is 0. The summed E-state index contributed by atoms with van der Waals surface area (Å²) in [5, 5.41) is 28.7. The lowest BCUT2D eigenvalue weighted by Gasteiger charge is -2.01. The predicted octanol–water partition coefficient (Wildman–Crippen LogP) is 3.49. The third-order valence-electron chi connectivity index (χ3n) is 3.10. The monoisotopic (exact) mass is 364 g/mol. The number of nitro benzene ring substituents is 2. The first-order valence-electron chi connectivity index (χ1n) is 7.00. The van der Waals surface area contributed by atoms with E-state index in [0.717, 1.165) is 24.3 Å². The highest BCUT2D eigenvalue weighted by atomic mass is 19.1. The number of alkyl halides is 1. The van der Waals surface area contributed by atoms with Crippen molar-refractivity contribution in [1.29, 1.82) is 0 Å². The molecule has 0 spiro atoms. The van der Waals surface area contributed by atoms with Gasteiger partial charge in [-0.15, -0.1) is 0 Å². The van der Waals surface area contributed by atoms with Crippen LogP contribution in [0.5, 0.6) is 0 Å². The first-order chi connectivity index (χ1) is 12.1. The molecule has 1 N–H and O–H groups in total. The minimum Gasteiger partial charge on any atom is -0.479 e. The largest absolute Gasteiger partial charge is 0.479 e. The molecule has 0 aromatic heterocycles. The Balaban J connectivity index is 0.000000263. The molecule has 10 heteroatoms. The summed E-state index contributed by atoms with van der Waals surface area (Å²) in [6.07, 6.45) is -2.14. The normalized spacial score (nSPS) is 10.8. The lowest BCUT2D eigenvalue weighted by molar-refractivity contribution is -0.385. The summed E-state index contributed by atoms with van der Waals surface area (Å²) in [6.45, 7) is 1.42. The summed E-state index contributed by atoms with van der Waals surface area (Å²) in [6, 6.07) is 9.80. The van der Waals surface area contributed by atoms with Crippen LogP contribution in [-0.4, -0.2) is 26.7 Å². The molecule has 0 aliphatic heterocycles. The lowest BCUT2D eigenvalue weighted by atomic mass is 10.1. The maximum absolute atomic E-state index is 12.8. The van der Waals surface area contributed by atoms with Gasteiger partial charge in [0.2, 0.25) is 6.17 Å². The van der Waals surface area contributed by atoms with Crippen molar-refractivity contribution in [3.8, 4) is 0 Å². The molecule has 2 aromatic rings. The maximum atomic E-state index is 12.8. The Morgan fingerprint density at radius 1 is 0.923 bits per heavy atom. The summed E-state index contributed by atoms with van der Waals surface area (Å²) < 4.78 is 12.8. The predicted molar refractivity (Wildman–Crippen MR) is 87.7 cm³/mol. The van der Waals surface area contributed by atoms with E-state index < -0.39 is 22.0 Å². The van der Waals surface area contributed by atoms with Crippen LogP contribution in [0.2, 0.25) is 0 Å². The van der Waals surface area contributed by atoms with Crippen molar-refractivity contribution in [2.24, 2.45) is 0 Å². The van der Waals surface area contributed by atoms with Gasteiger partial charge in [0.05, 0.1) is 9.85 Å². The Morgan fingerprint density at radius 2 is 1.31 bits per heavy atom. The van der Waals surface area contributed by atoms with Gasteiger partial charge >= 0.3 is 5.97 Å². The number of nitrogens with zero attached hydrogens (tertiary/aromatic N) is 2. The van der Waals surface area contributed by atoms with Crippen LogP contribution in [0.4, 0.5) is 15.8 Å². The number of carbonyl (C=O) groups excluding carboxylic acids is 1. The third kappa shape index (κ3) is 5.74. The minimum absolute atomic E-state index is 0.000000000000000222. The van der Waals surface area contributed by atoms with Gasteiger partial charge < -0.3 is 5.11 Å². The highest BCUT2D eigenvalue weighted by Crippen LogP contribution is 2.20. The third-order valence-corrected chi connectivity index (χ3v) is 3.10. The van der Waals surface area contributed by atoms with E-state index in [0.29, 0.717) is 5.56 Å². The van der Waals surface area contributed by atoms with Crippen LogP contribution in [0, 0.1) is 20.2 Å². The standard InChI is InChI=1S/C8H6FNO4.C8H7NO3/c9-7(8(11)12)5-1-3-6(4-2-5)10(13)14;1-6(10)7-2-4-8(5-3-7)9(11)12/h1-4,7H,(H,11,12);2-5H,1H3. The van der Waals surface area contributed by atoms with Gasteiger partial charge in [-0.1, -0.05) is 0 Å². The summed E-state index contributed by atoms with van der Waals surface area (Å²) in [5.41, 5.74) is 0.176. The van der Waals surface area contributed by atoms with E-state index in [2.05, 4.69) is 0 Å². The number of hydrogen-bond acceptors (Lipinski definition) is 6. The van der Waals surface area contributed by atoms with Crippen molar-refractivity contribution in [3.63, 3.8) is 0 Å². The number of non-ortho nitro benzene ring substituents is 2. The van der Waals surface area contributed by atoms with Crippen LogP contribution in [0.25, 0.3) is 0 Å². The molecule has 136 valence electrons. The van der Waals surface area contributed by atoms with E-state index in [1.165, 1.54) is 31.2 Å². The Kier molecular flexibility index (Phi) is 7.02. The molecule has 0 aliphatic carbocycles. The number of nitro groups is 2. The average molecular weight is 364 g/mol. The fourth-order valence-corrected chi connectivity index (χ4v) is 1.73. The van der Waals surface area contributed by atoms with E-state index in [-0.39, 0.29) is 22.7 Å². The van der Waals surface area contributed by atoms with E-state index in [1.807, 2.05) is 0 Å². The van der Waals surface area contributed by atoms with Gasteiger partial charge in [-0.05, 0) is 36.8 Å². The molecule has 1 unspecified atom stereocenters. The minimum atomic E-state index is -2.14. The molecule has 0 saturated carbocycles. The number of carboxylic acid groups (broad SMARTS) is 1. The Hall–Kier alpha value is -3.69. The van der Waals surface area contributed by atoms with E-state index in [1.54, 1.807) is 0 Å². The number of aliphatic carboxylic acids is 1. The van der Waals surface area contributed by atoms with Gasteiger partial charge in [0.15, 0.2) is 5.78 Å². The molecule has 0 amide bonds. The smallest absolute Gasteiger partial charge is 0.343 e. The number of carboxylic acids is 1. The molecule has 9 nitrogen and oxygen atoms in total. The van der Waals surface area contributed by atoms with Crippen LogP contribution in [0.15, 0.2) is 48.5 Å². The molecule has 0 heterocycles. The van der Waals surface area contributed by atoms with E-state index in [4.69, 9.17) is 5.11 Å². The SMILES string of the molecule is CC(=O)c1ccc([N+](=O)[O-])cc1.O=C(O)C(F)c1ccc([N+](=O)[O-])cc1. The second-order valence-corrected chi connectivity index (χ2v) is 4.91. The zero-order valence-corrected chi connectivity index (χ0v) is 13.4. The van der Waals surface area contributed by atoms with Gasteiger partial charge in [0, 0.05) is 29.8 Å². The second kappa shape index (κ2) is 8.97. The zero-order chi connectivity index (χ0) is 19.9. The molecule has 0 bridgehead atoms. The van der Waals surface area contributed by atoms with Crippen molar-refractivity contribution < 1.29 is 28.9 Å². The van der Waals surface area contributed by atoms with Crippen molar-refractivity contribution in [1.82, 2.24) is 0 Å². The molecule has 0 fully saturated rings. The van der Waals surface area contributed by atoms with Crippen molar-refractivity contribution in [3.05, 3.63) is 79.9 Å². The molecule has 0 aliphatic rings. The van der Waals surface area contributed by atoms with Crippen molar-refractivity contribution in [2.45, 2.75) is 13.1 Å². The van der Waals surface area contributed by atoms with Crippen LogP contribution in [0.3, 0.4) is 0 Å². The number of Topliss-reactive ketones (excluding diaryl/α,β-unsaturated/α-hetero) is 1. The van der Waals surface area contributed by atoms with E-state index >= 15 is 0 Å². The first kappa shape index (κ1) is 20.4. The molecule has 0 saturated heterocycles. The highest BCUT2D eigenvalue weighted by molar-refractivity contribution is 5.94. The Labute approximate surface area is 146 Å². The Morgan fingerprint density at radius 3 is 1.62 bits per heavy atom.